The highest BCUT2D eigenvalue weighted by atomic mass is 28.4. The van der Waals surface area contributed by atoms with Crippen LogP contribution in [0.2, 0.25) is 35.8 Å². The summed E-state index contributed by atoms with van der Waals surface area (Å²) in [6.07, 6.45) is -0.103. The molecule has 0 bridgehead atoms. The van der Waals surface area contributed by atoms with Gasteiger partial charge in [-0.3, -0.25) is 4.85 Å². The summed E-state index contributed by atoms with van der Waals surface area (Å²) >= 11 is 0. The van der Waals surface area contributed by atoms with Gasteiger partial charge in [-0.25, -0.2) is 16.3 Å². The third kappa shape index (κ3) is 13.3. The molecular formula is C59H86N4O10Si2. The van der Waals surface area contributed by atoms with Gasteiger partial charge in [0, 0.05) is 66.9 Å². The monoisotopic (exact) mass is 1070 g/mol. The SMILES string of the molecule is [C-]#[N+][C@@H](C(Cc1cc(O)c(OC)c(C)c1OC)NCC(Cc1cc(O[Si](C)(C)C(C)(C)C)c(OC)c(C)c1OC)NC(=O)OCC1c2ccccc2-c2ccccc21)N1CCO[C@@H](CCO[Si](C)(C(C)C)C(C)C)C1. The third-order valence-corrected chi connectivity index (χ3v) is 26.1. The van der Waals surface area contributed by atoms with E-state index in [1.54, 1.807) is 27.4 Å². The number of benzene rings is 4. The van der Waals surface area contributed by atoms with Crippen molar-refractivity contribution in [3.63, 3.8) is 0 Å². The summed E-state index contributed by atoms with van der Waals surface area (Å²) in [4.78, 5) is 20.9. The van der Waals surface area contributed by atoms with Crippen LogP contribution in [0, 0.1) is 20.4 Å². The summed E-state index contributed by atoms with van der Waals surface area (Å²) in [5.41, 5.74) is 8.37. The van der Waals surface area contributed by atoms with E-state index >= 15 is 0 Å². The van der Waals surface area contributed by atoms with Crippen molar-refractivity contribution in [1.29, 1.82) is 0 Å². The van der Waals surface area contributed by atoms with Crippen LogP contribution in [-0.2, 0) is 26.7 Å². The molecule has 0 aromatic heterocycles. The smallest absolute Gasteiger partial charge is 0.407 e. The van der Waals surface area contributed by atoms with Gasteiger partial charge in [-0.15, -0.1) is 0 Å². The van der Waals surface area contributed by atoms with Crippen molar-refractivity contribution >= 4 is 22.7 Å². The second-order valence-electron chi connectivity index (χ2n) is 22.6. The number of ether oxygens (including phenoxy) is 6. The quantitative estimate of drug-likeness (QED) is 0.0454. The highest BCUT2D eigenvalue weighted by Crippen LogP contribution is 2.47. The lowest BCUT2D eigenvalue weighted by molar-refractivity contribution is -0.0497. The second-order valence-corrected chi connectivity index (χ2v) is 32.3. The number of amides is 1. The number of nitrogens with one attached hydrogen (secondary N) is 2. The van der Waals surface area contributed by atoms with Crippen molar-refractivity contribution in [2.45, 2.75) is 148 Å². The third-order valence-electron chi connectivity index (χ3n) is 16.4. The molecule has 1 aliphatic carbocycles. The molecule has 1 aliphatic heterocycles. The number of carbonyl (C=O) groups excluding carboxylic acids is 1. The standard InChI is InChI=1S/C59H86N4O10Si2/c1-37(2)75(17,38(3)4)72-28-26-44-35-63(27-29-70-44)57(60-10)50(31-42-32-51(64)55(68-13)39(5)53(42)66-11)61-34-43(30-41-33-52(73-74(15,16)59(7,8)9)56(69-14)40(6)54(41)67-12)62-58(65)71-36-49-47-24-20-18-22-45(47)46-23-19-21-25-48(46)49/h18-25,32-33,37-38,43-44,49-50,57,61,64H,26-31,34-36H2,1-9,11-17H3,(H,62,65)/t43?,44-,50?,57+/m0/s1. The minimum atomic E-state index is -2.37. The normalized spacial score (nSPS) is 16.4. The van der Waals surface area contributed by atoms with Gasteiger partial charge < -0.3 is 53.0 Å². The number of rotatable bonds is 24. The minimum absolute atomic E-state index is 0.0267. The fourth-order valence-electron chi connectivity index (χ4n) is 10.6. The molecule has 410 valence electrons. The number of aromatic hydroxyl groups is 1. The van der Waals surface area contributed by atoms with E-state index in [0.29, 0.717) is 96.5 Å². The fourth-order valence-corrected chi connectivity index (χ4v) is 14.2. The summed E-state index contributed by atoms with van der Waals surface area (Å²) in [5, 5.41) is 18.2. The maximum absolute atomic E-state index is 14.4. The summed E-state index contributed by atoms with van der Waals surface area (Å²) in [7, 11) is 2.03. The van der Waals surface area contributed by atoms with Crippen LogP contribution in [0.3, 0.4) is 0 Å². The van der Waals surface area contributed by atoms with Crippen LogP contribution in [0.25, 0.3) is 16.0 Å². The van der Waals surface area contributed by atoms with E-state index in [9.17, 15) is 9.90 Å². The Morgan fingerprint density at radius 1 is 0.840 bits per heavy atom. The van der Waals surface area contributed by atoms with Gasteiger partial charge in [-0.2, -0.15) is 0 Å². The van der Waals surface area contributed by atoms with E-state index in [1.807, 2.05) is 44.2 Å². The number of carbonyl (C=O) groups is 1. The highest BCUT2D eigenvalue weighted by Gasteiger charge is 2.42. The van der Waals surface area contributed by atoms with Gasteiger partial charge in [-0.05, 0) is 96.8 Å². The Bertz CT molecular complexity index is 2580. The maximum Gasteiger partial charge on any atom is 0.407 e. The van der Waals surface area contributed by atoms with Crippen molar-refractivity contribution < 1.29 is 47.2 Å². The van der Waals surface area contributed by atoms with E-state index in [-0.39, 0.29) is 36.0 Å². The molecule has 4 aromatic rings. The zero-order valence-electron chi connectivity index (χ0n) is 47.7. The molecule has 4 aromatic carbocycles. The van der Waals surface area contributed by atoms with Gasteiger partial charge in [0.2, 0.25) is 0 Å². The Morgan fingerprint density at radius 2 is 1.40 bits per heavy atom. The van der Waals surface area contributed by atoms with Crippen LogP contribution in [0.15, 0.2) is 60.7 Å². The van der Waals surface area contributed by atoms with Crippen LogP contribution in [0.1, 0.15) is 94.2 Å². The summed E-state index contributed by atoms with van der Waals surface area (Å²) in [5.74, 6) is 2.54. The van der Waals surface area contributed by atoms with Crippen molar-refractivity contribution in [2.75, 3.05) is 67.9 Å². The molecule has 1 amide bonds. The highest BCUT2D eigenvalue weighted by molar-refractivity contribution is 6.75. The second kappa shape index (κ2) is 25.2. The van der Waals surface area contributed by atoms with E-state index in [1.165, 1.54) is 7.11 Å². The van der Waals surface area contributed by atoms with Crippen LogP contribution in [0.4, 0.5) is 4.79 Å². The first kappa shape index (κ1) is 59.0. The van der Waals surface area contributed by atoms with Gasteiger partial charge in [0.05, 0.1) is 41.2 Å². The van der Waals surface area contributed by atoms with Crippen LogP contribution in [-0.4, -0.2) is 125 Å². The first-order valence-electron chi connectivity index (χ1n) is 26.6. The number of hydrogen-bond donors (Lipinski definition) is 3. The summed E-state index contributed by atoms with van der Waals surface area (Å²) in [6.45, 7) is 37.4. The van der Waals surface area contributed by atoms with Gasteiger partial charge in [0.1, 0.15) is 29.9 Å². The average Bonchev–Trinajstić information content (AvgIpc) is 3.68. The largest absolute Gasteiger partial charge is 0.541 e. The van der Waals surface area contributed by atoms with Crippen LogP contribution < -0.4 is 34.0 Å². The number of morpholine rings is 1. The first-order valence-corrected chi connectivity index (χ1v) is 32.1. The lowest BCUT2D eigenvalue weighted by atomic mass is 9.97. The molecule has 6 rings (SSSR count). The topological polar surface area (TPSA) is 143 Å². The van der Waals surface area contributed by atoms with Gasteiger partial charge in [-0.1, -0.05) is 97.0 Å². The number of alkyl carbamates (subject to hydrolysis) is 1. The molecule has 0 spiro atoms. The molecule has 1 saturated heterocycles. The predicted molar refractivity (Wildman–Crippen MR) is 303 cm³/mol. The molecule has 3 N–H and O–H groups in total. The lowest BCUT2D eigenvalue weighted by Crippen LogP contribution is -2.57. The Kier molecular flexibility index (Phi) is 19.8. The van der Waals surface area contributed by atoms with Crippen molar-refractivity contribution in [1.82, 2.24) is 15.5 Å². The molecule has 75 heavy (non-hydrogen) atoms. The number of nitrogens with zero attached hydrogens (tertiary/aromatic N) is 2. The molecule has 2 unspecified atom stereocenters. The molecule has 1 fully saturated rings. The zero-order chi connectivity index (χ0) is 55.0. The Morgan fingerprint density at radius 3 is 1.95 bits per heavy atom. The van der Waals surface area contributed by atoms with Crippen LogP contribution >= 0.6 is 0 Å². The van der Waals surface area contributed by atoms with E-state index in [4.69, 9.17) is 43.8 Å². The molecule has 4 atom stereocenters. The minimum Gasteiger partial charge on any atom is -0.541 e. The molecule has 0 radical (unpaired) electrons. The average molecular weight is 1070 g/mol. The van der Waals surface area contributed by atoms with Crippen LogP contribution in [0.5, 0.6) is 34.5 Å². The van der Waals surface area contributed by atoms with E-state index in [2.05, 4.69) is 113 Å². The molecule has 16 heteroatoms. The van der Waals surface area contributed by atoms with Gasteiger partial charge in [0.25, 0.3) is 14.5 Å². The lowest BCUT2D eigenvalue weighted by Gasteiger charge is -2.38. The summed E-state index contributed by atoms with van der Waals surface area (Å²) in [6, 6.07) is 19.0. The van der Waals surface area contributed by atoms with Crippen molar-refractivity contribution in [2.24, 2.45) is 0 Å². The first-order chi connectivity index (χ1) is 35.5. The Labute approximate surface area is 450 Å². The van der Waals surface area contributed by atoms with E-state index in [0.717, 1.165) is 33.4 Å². The number of phenolic OH excluding ortho intramolecular Hbond substituents is 1. The predicted octanol–water partition coefficient (Wildman–Crippen LogP) is 11.8. The summed E-state index contributed by atoms with van der Waals surface area (Å²) < 4.78 is 50.0. The maximum atomic E-state index is 14.4. The molecule has 2 aliphatic rings. The van der Waals surface area contributed by atoms with Gasteiger partial charge >= 0.3 is 6.09 Å². The molecule has 14 nitrogen and oxygen atoms in total. The number of methoxy groups -OCH3 is 4. The van der Waals surface area contributed by atoms with Crippen molar-refractivity contribution in [3.05, 3.63) is 105 Å². The Hall–Kier alpha value is -5.29. The fraction of sp³-hybridized carbons (Fsp3) is 0.559. The van der Waals surface area contributed by atoms with E-state index < -0.39 is 41.0 Å². The Balaban J connectivity index is 1.36. The number of fused-ring (bicyclic) bond motifs is 3. The number of hydrogen-bond acceptors (Lipinski definition) is 12. The number of phenols is 1. The molecular weight excluding hydrogens is 981 g/mol. The zero-order valence-corrected chi connectivity index (χ0v) is 49.7. The van der Waals surface area contributed by atoms with Gasteiger partial charge in [0.15, 0.2) is 25.6 Å². The van der Waals surface area contributed by atoms with Crippen molar-refractivity contribution in [3.8, 4) is 45.6 Å². The molecule has 0 saturated carbocycles. The molecule has 1 heterocycles.